The van der Waals surface area contributed by atoms with Crippen LogP contribution in [0.4, 0.5) is 0 Å². The zero-order chi connectivity index (χ0) is 15.6. The van der Waals surface area contributed by atoms with Crippen LogP contribution in [0.25, 0.3) is 0 Å². The van der Waals surface area contributed by atoms with Crippen molar-refractivity contribution in [1.82, 2.24) is 0 Å². The van der Waals surface area contributed by atoms with Gasteiger partial charge in [-0.1, -0.05) is 41.3 Å². The number of halogens is 1. The molecule has 5 heteroatoms. The predicted octanol–water partition coefficient (Wildman–Crippen LogP) is 4.11. The number of hydrogen-bond acceptors (Lipinski definition) is 4. The largest absolute Gasteiger partial charge is 0.489 e. The Hall–Kier alpha value is -0.790. The van der Waals surface area contributed by atoms with Gasteiger partial charge in [-0.15, -0.1) is 0 Å². The molecule has 1 fully saturated rings. The van der Waals surface area contributed by atoms with Crippen LogP contribution in [0.3, 0.4) is 0 Å². The van der Waals surface area contributed by atoms with Crippen LogP contribution in [0.15, 0.2) is 30.9 Å². The van der Waals surface area contributed by atoms with Gasteiger partial charge in [0.1, 0.15) is 6.61 Å². The minimum atomic E-state index is -0.0822. The molecule has 0 aliphatic carbocycles. The number of alkyl halides is 1. The van der Waals surface area contributed by atoms with Crippen molar-refractivity contribution in [3.05, 3.63) is 36.4 Å². The second-order valence-electron chi connectivity index (χ2n) is 5.03. The Bertz CT molecular complexity index is 458. The van der Waals surface area contributed by atoms with Crippen LogP contribution in [0, 0.1) is 0 Å². The maximum atomic E-state index is 5.81. The summed E-state index contributed by atoms with van der Waals surface area (Å²) in [5.74, 6) is 1.49. The van der Waals surface area contributed by atoms with Gasteiger partial charge in [0, 0.05) is 11.0 Å². The van der Waals surface area contributed by atoms with E-state index >= 15 is 0 Å². The molecule has 0 saturated carbocycles. The Morgan fingerprint density at radius 2 is 2.18 bits per heavy atom. The average Bonchev–Trinajstić information content (AvgIpc) is 2.58. The molecule has 0 spiro atoms. The molecule has 1 unspecified atom stereocenters. The van der Waals surface area contributed by atoms with Gasteiger partial charge in [-0.05, 0) is 37.0 Å². The van der Waals surface area contributed by atoms with Gasteiger partial charge < -0.3 is 18.9 Å². The fourth-order valence-electron chi connectivity index (χ4n) is 2.20. The number of hydrogen-bond donors (Lipinski definition) is 0. The van der Waals surface area contributed by atoms with Crippen molar-refractivity contribution in [1.29, 1.82) is 0 Å². The van der Waals surface area contributed by atoms with Crippen LogP contribution in [-0.2, 0) is 16.1 Å². The van der Waals surface area contributed by atoms with Gasteiger partial charge in [0.2, 0.25) is 0 Å². The lowest BCUT2D eigenvalue weighted by molar-refractivity contribution is -0.168. The van der Waals surface area contributed by atoms with Gasteiger partial charge in [-0.2, -0.15) is 0 Å². The highest BCUT2D eigenvalue weighted by molar-refractivity contribution is 14.1. The molecule has 122 valence electrons. The number of rotatable bonds is 9. The van der Waals surface area contributed by atoms with Crippen molar-refractivity contribution in [3.63, 3.8) is 0 Å². The molecule has 0 N–H and O–H groups in total. The topological polar surface area (TPSA) is 36.9 Å². The van der Waals surface area contributed by atoms with E-state index in [0.717, 1.165) is 40.9 Å². The van der Waals surface area contributed by atoms with E-state index in [0.29, 0.717) is 19.8 Å². The summed E-state index contributed by atoms with van der Waals surface area (Å²) in [5, 5.41) is 0. The van der Waals surface area contributed by atoms with E-state index in [1.165, 1.54) is 6.42 Å². The molecule has 22 heavy (non-hydrogen) atoms. The predicted molar refractivity (Wildman–Crippen MR) is 94.9 cm³/mol. The average molecular weight is 418 g/mol. The molecular weight excluding hydrogens is 395 g/mol. The minimum absolute atomic E-state index is 0.0822. The van der Waals surface area contributed by atoms with E-state index in [4.69, 9.17) is 18.9 Å². The second kappa shape index (κ2) is 10.1. The molecule has 0 radical (unpaired) electrons. The summed E-state index contributed by atoms with van der Waals surface area (Å²) < 4.78 is 23.7. The summed E-state index contributed by atoms with van der Waals surface area (Å²) in [4.78, 5) is 0. The van der Waals surface area contributed by atoms with E-state index in [-0.39, 0.29) is 6.29 Å². The van der Waals surface area contributed by atoms with Gasteiger partial charge in [0.25, 0.3) is 0 Å². The molecule has 4 nitrogen and oxygen atoms in total. The smallest absolute Gasteiger partial charge is 0.162 e. The van der Waals surface area contributed by atoms with Gasteiger partial charge >= 0.3 is 0 Å². The maximum absolute atomic E-state index is 5.81. The third-order valence-corrected chi connectivity index (χ3v) is 3.71. The van der Waals surface area contributed by atoms with E-state index in [1.54, 1.807) is 6.08 Å². The van der Waals surface area contributed by atoms with Crippen molar-refractivity contribution < 1.29 is 18.9 Å². The normalized spacial score (nSPS) is 18.0. The summed E-state index contributed by atoms with van der Waals surface area (Å²) in [6.45, 7) is 6.11. The fraction of sp³-hybridized carbons (Fsp3) is 0.529. The van der Waals surface area contributed by atoms with Crippen LogP contribution in [0.2, 0.25) is 0 Å². The SMILES string of the molecule is C=CCOc1cc(COC2CCCCO2)ccc1OCCI. The van der Waals surface area contributed by atoms with E-state index < -0.39 is 0 Å². The molecule has 1 heterocycles. The third kappa shape index (κ3) is 5.78. The Kier molecular flexibility index (Phi) is 8.04. The van der Waals surface area contributed by atoms with Crippen LogP contribution >= 0.6 is 22.6 Å². The van der Waals surface area contributed by atoms with Crippen molar-refractivity contribution in [2.24, 2.45) is 0 Å². The minimum Gasteiger partial charge on any atom is -0.489 e. The van der Waals surface area contributed by atoms with Gasteiger partial charge in [-0.25, -0.2) is 0 Å². The molecule has 2 rings (SSSR count). The van der Waals surface area contributed by atoms with Gasteiger partial charge in [0.05, 0.1) is 13.2 Å². The van der Waals surface area contributed by atoms with Crippen LogP contribution in [-0.4, -0.2) is 30.5 Å². The fourth-order valence-corrected chi connectivity index (χ4v) is 2.42. The molecule has 1 saturated heterocycles. The molecule has 1 aliphatic rings. The van der Waals surface area contributed by atoms with Crippen LogP contribution in [0.1, 0.15) is 24.8 Å². The van der Waals surface area contributed by atoms with E-state index in [1.807, 2.05) is 18.2 Å². The zero-order valence-corrected chi connectivity index (χ0v) is 14.9. The highest BCUT2D eigenvalue weighted by Crippen LogP contribution is 2.29. The first kappa shape index (κ1) is 17.6. The Morgan fingerprint density at radius 3 is 2.91 bits per heavy atom. The first-order valence-corrected chi connectivity index (χ1v) is 9.14. The van der Waals surface area contributed by atoms with E-state index in [9.17, 15) is 0 Å². The van der Waals surface area contributed by atoms with Crippen molar-refractivity contribution in [2.45, 2.75) is 32.2 Å². The Morgan fingerprint density at radius 1 is 1.27 bits per heavy atom. The molecular formula is C17H23IO4. The quantitative estimate of drug-likeness (QED) is 0.344. The van der Waals surface area contributed by atoms with Crippen molar-refractivity contribution in [3.8, 4) is 11.5 Å². The summed E-state index contributed by atoms with van der Waals surface area (Å²) in [5.41, 5.74) is 1.05. The van der Waals surface area contributed by atoms with E-state index in [2.05, 4.69) is 29.2 Å². The maximum Gasteiger partial charge on any atom is 0.162 e. The lowest BCUT2D eigenvalue weighted by Gasteiger charge is -2.23. The Labute approximate surface area is 145 Å². The van der Waals surface area contributed by atoms with Crippen LogP contribution in [0.5, 0.6) is 11.5 Å². The summed E-state index contributed by atoms with van der Waals surface area (Å²) in [6, 6.07) is 5.91. The summed E-state index contributed by atoms with van der Waals surface area (Å²) >= 11 is 2.28. The molecule has 1 atom stereocenters. The lowest BCUT2D eigenvalue weighted by Crippen LogP contribution is -2.22. The third-order valence-electron chi connectivity index (χ3n) is 3.27. The summed E-state index contributed by atoms with van der Waals surface area (Å²) in [7, 11) is 0. The zero-order valence-electron chi connectivity index (χ0n) is 12.8. The lowest BCUT2D eigenvalue weighted by atomic mass is 10.2. The number of ether oxygens (including phenoxy) is 4. The molecule has 1 aliphatic heterocycles. The standard InChI is InChI=1S/C17H23IO4/c1-2-9-19-16-12-14(6-7-15(16)20-11-8-18)13-22-17-5-3-4-10-21-17/h2,6-7,12,17H,1,3-5,8-11,13H2. The van der Waals surface area contributed by atoms with Gasteiger partial charge in [-0.3, -0.25) is 0 Å². The number of benzene rings is 1. The first-order valence-electron chi connectivity index (χ1n) is 7.62. The van der Waals surface area contributed by atoms with Crippen LogP contribution < -0.4 is 9.47 Å². The monoisotopic (exact) mass is 418 g/mol. The summed E-state index contributed by atoms with van der Waals surface area (Å²) in [6.07, 6.45) is 4.91. The molecule has 1 aromatic carbocycles. The second-order valence-corrected chi connectivity index (χ2v) is 6.10. The molecule has 1 aromatic rings. The van der Waals surface area contributed by atoms with Crippen molar-refractivity contribution in [2.75, 3.05) is 24.2 Å². The highest BCUT2D eigenvalue weighted by atomic mass is 127. The highest BCUT2D eigenvalue weighted by Gasteiger charge is 2.14. The van der Waals surface area contributed by atoms with Gasteiger partial charge in [0.15, 0.2) is 17.8 Å². The first-order chi connectivity index (χ1) is 10.8. The van der Waals surface area contributed by atoms with Crippen molar-refractivity contribution >= 4 is 22.6 Å². The molecule has 0 aromatic heterocycles. The Balaban J connectivity index is 1.96. The molecule has 0 amide bonds. The molecule has 0 bridgehead atoms.